The van der Waals surface area contributed by atoms with Crippen LogP contribution in [0.25, 0.3) is 0 Å². The number of aryl methyl sites for hydroxylation is 1. The number of anilines is 2. The fourth-order valence-corrected chi connectivity index (χ4v) is 5.84. The maximum Gasteiger partial charge on any atom is 0.261 e. The van der Waals surface area contributed by atoms with Gasteiger partial charge in [-0.05, 0) is 67.6 Å². The van der Waals surface area contributed by atoms with Gasteiger partial charge in [-0.15, -0.1) is 11.3 Å². The number of carbonyl (C=O) groups is 1. The number of carbonyl (C=O) groups excluding carboxylic acids is 1. The highest BCUT2D eigenvalue weighted by molar-refractivity contribution is 7.92. The lowest BCUT2D eigenvalue weighted by Crippen LogP contribution is -2.18. The van der Waals surface area contributed by atoms with Gasteiger partial charge in [-0.25, -0.2) is 12.8 Å². The summed E-state index contributed by atoms with van der Waals surface area (Å²) in [5.74, 6) is -1.07. The van der Waals surface area contributed by atoms with E-state index in [9.17, 15) is 22.9 Å². The minimum atomic E-state index is -4.02. The number of rotatable bonds is 5. The molecule has 1 aromatic heterocycles. The van der Waals surface area contributed by atoms with Crippen LogP contribution < -0.4 is 10.0 Å². The second-order valence-electron chi connectivity index (χ2n) is 7.09. The Bertz CT molecular complexity index is 1290. The molecule has 158 valence electrons. The quantitative estimate of drug-likeness (QED) is 0.583. The molecule has 1 amide bonds. The summed E-state index contributed by atoms with van der Waals surface area (Å²) in [4.78, 5) is 14.0. The normalized spacial score (nSPS) is 13.2. The molecule has 1 aliphatic carbocycles. The summed E-state index contributed by atoms with van der Waals surface area (Å²) in [6, 6.07) is 12.8. The number of halogens is 1. The van der Waals surface area contributed by atoms with Crippen molar-refractivity contribution >= 4 is 38.0 Å². The maximum absolute atomic E-state index is 13.1. The first-order chi connectivity index (χ1) is 14.9. The van der Waals surface area contributed by atoms with Crippen LogP contribution in [0, 0.1) is 17.1 Å². The van der Waals surface area contributed by atoms with Crippen LogP contribution in [0.15, 0.2) is 53.4 Å². The zero-order chi connectivity index (χ0) is 22.0. The molecule has 3 aromatic rings. The van der Waals surface area contributed by atoms with Crippen molar-refractivity contribution in [2.75, 3.05) is 10.0 Å². The zero-order valence-electron chi connectivity index (χ0n) is 16.3. The summed E-state index contributed by atoms with van der Waals surface area (Å²) < 4.78 is 40.9. The molecule has 0 bridgehead atoms. The molecule has 31 heavy (non-hydrogen) atoms. The van der Waals surface area contributed by atoms with E-state index >= 15 is 0 Å². The summed E-state index contributed by atoms with van der Waals surface area (Å²) in [7, 11) is -4.02. The Morgan fingerprint density at radius 2 is 1.77 bits per heavy atom. The molecule has 0 saturated carbocycles. The Balaban J connectivity index is 1.62. The van der Waals surface area contributed by atoms with Gasteiger partial charge in [0, 0.05) is 4.88 Å². The van der Waals surface area contributed by atoms with Gasteiger partial charge in [-0.2, -0.15) is 5.26 Å². The van der Waals surface area contributed by atoms with Gasteiger partial charge in [-0.1, -0.05) is 12.1 Å². The van der Waals surface area contributed by atoms with E-state index in [1.165, 1.54) is 23.5 Å². The van der Waals surface area contributed by atoms with Crippen molar-refractivity contribution in [1.82, 2.24) is 0 Å². The molecule has 9 heteroatoms. The number of thiophene rings is 1. The Hall–Kier alpha value is -3.22. The van der Waals surface area contributed by atoms with E-state index < -0.39 is 21.7 Å². The molecular formula is C22H18FN3O3S2. The van der Waals surface area contributed by atoms with Crippen molar-refractivity contribution in [1.29, 1.82) is 5.26 Å². The lowest BCUT2D eigenvalue weighted by atomic mass is 9.96. The van der Waals surface area contributed by atoms with E-state index in [0.29, 0.717) is 10.6 Å². The zero-order valence-corrected chi connectivity index (χ0v) is 17.9. The molecule has 2 aromatic carbocycles. The predicted molar refractivity (Wildman–Crippen MR) is 117 cm³/mol. The molecule has 0 aliphatic heterocycles. The van der Waals surface area contributed by atoms with Crippen LogP contribution in [-0.4, -0.2) is 14.3 Å². The fourth-order valence-electron chi connectivity index (χ4n) is 3.53. The fraction of sp³-hybridized carbons (Fsp3) is 0.182. The highest BCUT2D eigenvalue weighted by Crippen LogP contribution is 2.38. The first-order valence-corrected chi connectivity index (χ1v) is 11.9. The van der Waals surface area contributed by atoms with E-state index in [-0.39, 0.29) is 16.1 Å². The van der Waals surface area contributed by atoms with E-state index in [2.05, 4.69) is 16.1 Å². The Morgan fingerprint density at radius 1 is 1.06 bits per heavy atom. The minimum Gasteiger partial charge on any atom is -0.312 e. The van der Waals surface area contributed by atoms with Crippen LogP contribution in [0.1, 0.15) is 39.2 Å². The number of sulfonamides is 1. The van der Waals surface area contributed by atoms with Crippen molar-refractivity contribution in [3.8, 4) is 6.07 Å². The number of hydrogen-bond acceptors (Lipinski definition) is 5. The highest BCUT2D eigenvalue weighted by Gasteiger charge is 2.24. The monoisotopic (exact) mass is 455 g/mol. The maximum atomic E-state index is 13.1. The number of nitriles is 1. The molecule has 0 spiro atoms. The second-order valence-corrected chi connectivity index (χ2v) is 9.87. The van der Waals surface area contributed by atoms with Gasteiger partial charge in [0.1, 0.15) is 16.9 Å². The molecular weight excluding hydrogens is 437 g/mol. The number of para-hydroxylation sites is 1. The van der Waals surface area contributed by atoms with E-state index in [1.807, 2.05) is 0 Å². The largest absolute Gasteiger partial charge is 0.312 e. The van der Waals surface area contributed by atoms with Crippen molar-refractivity contribution < 1.29 is 17.6 Å². The lowest BCUT2D eigenvalue weighted by Gasteiger charge is -2.12. The topological polar surface area (TPSA) is 99.1 Å². The molecule has 0 atom stereocenters. The van der Waals surface area contributed by atoms with Crippen LogP contribution in [0.4, 0.5) is 15.1 Å². The average molecular weight is 456 g/mol. The standard InChI is InChI=1S/C22H18FN3O3S2/c23-14-9-11-15(12-10-14)31(28,29)26-19-7-3-1-6-17(19)21(27)25-22-18(13-24)16-5-2-4-8-20(16)30-22/h1,3,6-7,9-12,26H,2,4-5,8H2,(H,25,27). The van der Waals surface area contributed by atoms with Gasteiger partial charge < -0.3 is 5.32 Å². The third-order valence-electron chi connectivity index (χ3n) is 5.05. The third kappa shape index (κ3) is 4.31. The molecule has 1 aliphatic rings. The van der Waals surface area contributed by atoms with E-state index in [4.69, 9.17) is 0 Å². The summed E-state index contributed by atoms with van der Waals surface area (Å²) in [6.45, 7) is 0. The van der Waals surface area contributed by atoms with Crippen LogP contribution in [0.5, 0.6) is 0 Å². The van der Waals surface area contributed by atoms with Crippen LogP contribution in [0.3, 0.4) is 0 Å². The van der Waals surface area contributed by atoms with Gasteiger partial charge in [0.25, 0.3) is 15.9 Å². The van der Waals surface area contributed by atoms with Crippen molar-refractivity contribution in [3.05, 3.63) is 75.9 Å². The van der Waals surface area contributed by atoms with Crippen LogP contribution in [-0.2, 0) is 22.9 Å². The molecule has 4 rings (SSSR count). The van der Waals surface area contributed by atoms with Gasteiger partial charge in [0.05, 0.1) is 21.7 Å². The number of nitrogens with one attached hydrogen (secondary N) is 2. The second kappa shape index (κ2) is 8.49. The van der Waals surface area contributed by atoms with Crippen LogP contribution >= 0.6 is 11.3 Å². The first kappa shape index (κ1) is 21.0. The lowest BCUT2D eigenvalue weighted by molar-refractivity contribution is 0.102. The Kier molecular flexibility index (Phi) is 5.76. The van der Waals surface area contributed by atoms with Crippen molar-refractivity contribution in [2.45, 2.75) is 30.6 Å². The van der Waals surface area contributed by atoms with E-state index in [1.54, 1.807) is 12.1 Å². The number of nitrogens with zero attached hydrogens (tertiary/aromatic N) is 1. The molecule has 0 fully saturated rings. The Labute approximate surface area is 183 Å². The number of benzene rings is 2. The summed E-state index contributed by atoms with van der Waals surface area (Å²) in [5.41, 5.74) is 1.68. The summed E-state index contributed by atoms with van der Waals surface area (Å²) in [5, 5.41) is 12.8. The average Bonchev–Trinajstić information content (AvgIpc) is 3.11. The molecule has 2 N–H and O–H groups in total. The summed E-state index contributed by atoms with van der Waals surface area (Å²) in [6.07, 6.45) is 3.77. The van der Waals surface area contributed by atoms with Crippen LogP contribution in [0.2, 0.25) is 0 Å². The summed E-state index contributed by atoms with van der Waals surface area (Å²) >= 11 is 1.40. The predicted octanol–water partition coefficient (Wildman–Crippen LogP) is 4.69. The first-order valence-electron chi connectivity index (χ1n) is 9.62. The molecule has 0 radical (unpaired) electrons. The van der Waals surface area contributed by atoms with Gasteiger partial charge >= 0.3 is 0 Å². The minimum absolute atomic E-state index is 0.0872. The third-order valence-corrected chi connectivity index (χ3v) is 7.64. The SMILES string of the molecule is N#Cc1c(NC(=O)c2ccccc2NS(=O)(=O)c2ccc(F)cc2)sc2c1CCCC2. The molecule has 1 heterocycles. The molecule has 0 unspecified atom stereocenters. The molecule has 0 saturated heterocycles. The Morgan fingerprint density at radius 3 is 2.52 bits per heavy atom. The van der Waals surface area contributed by atoms with Crippen molar-refractivity contribution in [2.24, 2.45) is 0 Å². The number of amides is 1. The highest BCUT2D eigenvalue weighted by atomic mass is 32.2. The van der Waals surface area contributed by atoms with Crippen molar-refractivity contribution in [3.63, 3.8) is 0 Å². The molecule has 6 nitrogen and oxygen atoms in total. The van der Waals surface area contributed by atoms with Gasteiger partial charge in [-0.3, -0.25) is 9.52 Å². The number of fused-ring (bicyclic) bond motifs is 1. The number of hydrogen-bond donors (Lipinski definition) is 2. The smallest absolute Gasteiger partial charge is 0.261 e. The van der Waals surface area contributed by atoms with Gasteiger partial charge in [0.15, 0.2) is 0 Å². The van der Waals surface area contributed by atoms with E-state index in [0.717, 1.165) is 60.4 Å². The van der Waals surface area contributed by atoms with Gasteiger partial charge in [0.2, 0.25) is 0 Å².